The van der Waals surface area contributed by atoms with Crippen LogP contribution in [0.5, 0.6) is 0 Å². The van der Waals surface area contributed by atoms with Crippen molar-refractivity contribution in [3.63, 3.8) is 0 Å². The summed E-state index contributed by atoms with van der Waals surface area (Å²) in [5.74, 6) is -0.0575. The van der Waals surface area contributed by atoms with Crippen LogP contribution in [-0.2, 0) is 17.9 Å². The number of aryl methyl sites for hydroxylation is 1. The fourth-order valence-electron chi connectivity index (χ4n) is 5.10. The normalized spacial score (nSPS) is 14.1. The number of nitrogens with zero attached hydrogens (tertiary/aromatic N) is 3. The Balaban J connectivity index is 1.54. The highest BCUT2D eigenvalue weighted by molar-refractivity contribution is 5.96. The van der Waals surface area contributed by atoms with Gasteiger partial charge in [0.1, 0.15) is 6.54 Å². The third-order valence-corrected chi connectivity index (χ3v) is 7.28. The van der Waals surface area contributed by atoms with Crippen LogP contribution < -0.4 is 0 Å². The summed E-state index contributed by atoms with van der Waals surface area (Å²) in [6, 6.07) is 22.3. The average molecular weight is 486 g/mol. The quantitative estimate of drug-likeness (QED) is 0.370. The summed E-state index contributed by atoms with van der Waals surface area (Å²) in [5.41, 5.74) is 4.10. The third-order valence-electron chi connectivity index (χ3n) is 7.28. The molecule has 1 aromatic heterocycles. The van der Waals surface area contributed by atoms with Crippen LogP contribution in [0, 0.1) is 6.92 Å². The van der Waals surface area contributed by atoms with Gasteiger partial charge in [-0.25, -0.2) is 0 Å². The molecule has 0 spiro atoms. The minimum absolute atomic E-state index is 0.0310. The van der Waals surface area contributed by atoms with Crippen molar-refractivity contribution in [1.29, 1.82) is 0 Å². The van der Waals surface area contributed by atoms with Gasteiger partial charge in [-0.1, -0.05) is 67.3 Å². The Morgan fingerprint density at radius 3 is 2.28 bits per heavy atom. The minimum Gasteiger partial charge on any atom is -0.345 e. The van der Waals surface area contributed by atoms with Crippen molar-refractivity contribution in [2.24, 2.45) is 0 Å². The van der Waals surface area contributed by atoms with Crippen molar-refractivity contribution in [1.82, 2.24) is 14.4 Å². The van der Waals surface area contributed by atoms with E-state index in [-0.39, 0.29) is 30.4 Å². The van der Waals surface area contributed by atoms with Gasteiger partial charge in [-0.05, 0) is 63.4 Å². The van der Waals surface area contributed by atoms with Gasteiger partial charge in [0.25, 0.3) is 5.91 Å². The van der Waals surface area contributed by atoms with Crippen molar-refractivity contribution in [2.75, 3.05) is 6.54 Å². The molecular weight excluding hydrogens is 446 g/mol. The van der Waals surface area contributed by atoms with Crippen molar-refractivity contribution in [2.45, 2.75) is 78.0 Å². The van der Waals surface area contributed by atoms with Crippen molar-refractivity contribution in [3.8, 4) is 0 Å². The number of carbonyl (C=O) groups is 2. The van der Waals surface area contributed by atoms with Crippen LogP contribution in [0.3, 0.4) is 0 Å². The Bertz CT molecular complexity index is 1130. The van der Waals surface area contributed by atoms with Crippen LogP contribution in [0.1, 0.15) is 73.1 Å². The molecule has 4 rings (SSSR count). The van der Waals surface area contributed by atoms with Crippen LogP contribution in [0.15, 0.2) is 72.9 Å². The summed E-state index contributed by atoms with van der Waals surface area (Å²) >= 11 is 0. The lowest BCUT2D eigenvalue weighted by atomic mass is 9.94. The highest BCUT2D eigenvalue weighted by atomic mass is 16.2. The zero-order valence-electron chi connectivity index (χ0n) is 21.9. The second kappa shape index (κ2) is 12.1. The molecule has 5 nitrogen and oxygen atoms in total. The maximum Gasteiger partial charge on any atom is 0.254 e. The van der Waals surface area contributed by atoms with E-state index < -0.39 is 0 Å². The molecule has 36 heavy (non-hydrogen) atoms. The number of rotatable bonds is 9. The first-order valence-corrected chi connectivity index (χ1v) is 13.3. The van der Waals surface area contributed by atoms with E-state index in [9.17, 15) is 9.59 Å². The maximum atomic E-state index is 13.9. The monoisotopic (exact) mass is 485 g/mol. The Morgan fingerprint density at radius 2 is 1.61 bits per heavy atom. The van der Waals surface area contributed by atoms with Crippen LogP contribution in [-0.4, -0.2) is 44.8 Å². The Labute approximate surface area is 215 Å². The predicted molar refractivity (Wildman–Crippen MR) is 145 cm³/mol. The summed E-state index contributed by atoms with van der Waals surface area (Å²) in [6.45, 7) is 7.41. The minimum atomic E-state index is -0.0885. The zero-order valence-corrected chi connectivity index (χ0v) is 21.9. The lowest BCUT2D eigenvalue weighted by Crippen LogP contribution is -2.49. The molecule has 0 aliphatic heterocycles. The summed E-state index contributed by atoms with van der Waals surface area (Å²) < 4.78 is 2.23. The predicted octanol–water partition coefficient (Wildman–Crippen LogP) is 6.06. The summed E-state index contributed by atoms with van der Waals surface area (Å²) in [7, 11) is 0. The van der Waals surface area contributed by atoms with E-state index in [2.05, 4.69) is 47.2 Å². The topological polar surface area (TPSA) is 45.6 Å². The Morgan fingerprint density at radius 1 is 0.917 bits per heavy atom. The number of hydrogen-bond donors (Lipinski definition) is 0. The van der Waals surface area contributed by atoms with Gasteiger partial charge in [0, 0.05) is 36.1 Å². The molecule has 0 bridgehead atoms. The lowest BCUT2D eigenvalue weighted by Gasteiger charge is -2.37. The van der Waals surface area contributed by atoms with E-state index in [0.717, 1.165) is 43.5 Å². The lowest BCUT2D eigenvalue weighted by molar-refractivity contribution is -0.136. The molecule has 0 N–H and O–H groups in total. The molecule has 190 valence electrons. The zero-order chi connectivity index (χ0) is 25.5. The Kier molecular flexibility index (Phi) is 8.63. The molecule has 0 unspecified atom stereocenters. The molecular formula is C31H39N3O2. The summed E-state index contributed by atoms with van der Waals surface area (Å²) in [5, 5.41) is 0. The van der Waals surface area contributed by atoms with Crippen LogP contribution in [0.4, 0.5) is 0 Å². The van der Waals surface area contributed by atoms with Gasteiger partial charge in [0.05, 0.1) is 6.54 Å². The van der Waals surface area contributed by atoms with Gasteiger partial charge in [-0.15, -0.1) is 0 Å². The van der Waals surface area contributed by atoms with Gasteiger partial charge in [0.15, 0.2) is 0 Å². The highest BCUT2D eigenvalue weighted by Crippen LogP contribution is 2.25. The number of amides is 2. The van der Waals surface area contributed by atoms with Crippen molar-refractivity contribution >= 4 is 11.8 Å². The second-order valence-electron chi connectivity index (χ2n) is 10.3. The smallest absolute Gasteiger partial charge is 0.254 e. The molecule has 2 amide bonds. The molecule has 2 aromatic carbocycles. The molecule has 1 heterocycles. The first-order valence-electron chi connectivity index (χ1n) is 13.3. The SMILES string of the molecule is Cc1ccc(C(=O)N(CC(=O)N(Cc2cccn2Cc2ccccc2)C2CCCCC2)C(C)C)cc1. The summed E-state index contributed by atoms with van der Waals surface area (Å²) in [6.07, 6.45) is 7.67. The number of carbonyl (C=O) groups excluding carboxylic acids is 2. The van der Waals surface area contributed by atoms with Gasteiger partial charge >= 0.3 is 0 Å². The highest BCUT2D eigenvalue weighted by Gasteiger charge is 2.30. The Hall–Kier alpha value is -3.34. The van der Waals surface area contributed by atoms with E-state index in [1.807, 2.05) is 56.0 Å². The molecule has 0 radical (unpaired) electrons. The molecule has 5 heteroatoms. The standard InChI is InChI=1S/C31H39N3O2/c1-24(2)33(31(36)27-18-16-25(3)17-19-27)23-30(35)34(28-13-8-5-9-14-28)22-29-15-10-20-32(29)21-26-11-6-4-7-12-26/h4,6-7,10-12,15-20,24,28H,5,8-9,13-14,21-23H2,1-3H3. The van der Waals surface area contributed by atoms with Crippen molar-refractivity contribution < 1.29 is 9.59 Å². The van der Waals surface area contributed by atoms with Crippen molar-refractivity contribution in [3.05, 3.63) is 95.3 Å². The van der Waals surface area contributed by atoms with E-state index in [1.54, 1.807) is 4.90 Å². The third kappa shape index (κ3) is 6.45. The average Bonchev–Trinajstić information content (AvgIpc) is 3.33. The molecule has 1 fully saturated rings. The van der Waals surface area contributed by atoms with Gasteiger partial charge in [-0.2, -0.15) is 0 Å². The molecule has 0 saturated heterocycles. The van der Waals surface area contributed by atoms with Crippen LogP contribution >= 0.6 is 0 Å². The maximum absolute atomic E-state index is 13.9. The van der Waals surface area contributed by atoms with E-state index in [4.69, 9.17) is 0 Å². The number of benzene rings is 2. The molecule has 3 aromatic rings. The molecule has 0 atom stereocenters. The second-order valence-corrected chi connectivity index (χ2v) is 10.3. The first-order chi connectivity index (χ1) is 17.4. The molecule has 1 aliphatic carbocycles. The fourth-order valence-corrected chi connectivity index (χ4v) is 5.10. The van der Waals surface area contributed by atoms with Gasteiger partial charge in [-0.3, -0.25) is 9.59 Å². The number of aromatic nitrogens is 1. The summed E-state index contributed by atoms with van der Waals surface area (Å²) in [4.78, 5) is 31.0. The van der Waals surface area contributed by atoms with E-state index in [0.29, 0.717) is 12.1 Å². The molecule has 1 saturated carbocycles. The van der Waals surface area contributed by atoms with Gasteiger partial charge < -0.3 is 14.4 Å². The fraction of sp³-hybridized carbons (Fsp3) is 0.419. The van der Waals surface area contributed by atoms with E-state index in [1.165, 1.54) is 12.0 Å². The van der Waals surface area contributed by atoms with E-state index >= 15 is 0 Å². The molecule has 1 aliphatic rings. The largest absolute Gasteiger partial charge is 0.345 e. The first kappa shape index (κ1) is 25.7. The van der Waals surface area contributed by atoms with Gasteiger partial charge in [0.2, 0.25) is 5.91 Å². The van der Waals surface area contributed by atoms with Crippen LogP contribution in [0.2, 0.25) is 0 Å². The number of hydrogen-bond acceptors (Lipinski definition) is 2. The van der Waals surface area contributed by atoms with Crippen LogP contribution in [0.25, 0.3) is 0 Å².